The first-order valence-electron chi connectivity index (χ1n) is 8.09. The summed E-state index contributed by atoms with van der Waals surface area (Å²) in [7, 11) is 0. The first-order chi connectivity index (χ1) is 11.5. The van der Waals surface area contributed by atoms with Gasteiger partial charge in [0, 0.05) is 29.3 Å². The van der Waals surface area contributed by atoms with Gasteiger partial charge in [-0.25, -0.2) is 9.97 Å². The quantitative estimate of drug-likeness (QED) is 0.506. The van der Waals surface area contributed by atoms with E-state index in [0.29, 0.717) is 25.0 Å². The smallest absolute Gasteiger partial charge is 0.182 e. The van der Waals surface area contributed by atoms with Crippen LogP contribution in [-0.4, -0.2) is 33.2 Å². The maximum absolute atomic E-state index is 12.5. The molecule has 0 aliphatic rings. The van der Waals surface area contributed by atoms with Crippen molar-refractivity contribution >= 4 is 34.2 Å². The highest BCUT2D eigenvalue weighted by atomic mass is 32.1. The number of hydrogen-bond acceptors (Lipinski definition) is 7. The normalized spacial score (nSPS) is 11.2. The molecular weight excluding hydrogens is 344 g/mol. The molecule has 130 valence electrons. The van der Waals surface area contributed by atoms with E-state index in [0.717, 1.165) is 27.7 Å². The summed E-state index contributed by atoms with van der Waals surface area (Å²) in [5, 5.41) is 12.2. The Bertz CT molecular complexity index is 678. The second-order valence-corrected chi connectivity index (χ2v) is 7.83. The van der Waals surface area contributed by atoms with E-state index in [-0.39, 0.29) is 17.5 Å². The second-order valence-electron chi connectivity index (χ2n) is 5.90. The Kier molecular flexibility index (Phi) is 7.20. The molecule has 0 radical (unpaired) electrons. The molecule has 2 rings (SSSR count). The van der Waals surface area contributed by atoms with Crippen LogP contribution in [0.4, 0.5) is 0 Å². The van der Waals surface area contributed by atoms with Crippen LogP contribution >= 0.6 is 22.7 Å². The van der Waals surface area contributed by atoms with Gasteiger partial charge in [0.2, 0.25) is 0 Å². The van der Waals surface area contributed by atoms with Gasteiger partial charge in [0.25, 0.3) is 0 Å². The monoisotopic (exact) mass is 366 g/mol. The van der Waals surface area contributed by atoms with Crippen LogP contribution in [0.3, 0.4) is 0 Å². The van der Waals surface area contributed by atoms with E-state index in [4.69, 9.17) is 5.11 Å². The van der Waals surface area contributed by atoms with Gasteiger partial charge in [0.1, 0.15) is 12.3 Å². The molecule has 0 spiro atoms. The largest absolute Gasteiger partial charge is 0.389 e. The van der Waals surface area contributed by atoms with Gasteiger partial charge in [0.15, 0.2) is 21.6 Å². The second kappa shape index (κ2) is 9.15. The molecule has 24 heavy (non-hydrogen) atoms. The number of unbranched alkanes of at least 4 members (excludes halogenated alkanes) is 2. The highest BCUT2D eigenvalue weighted by Gasteiger charge is 2.21. The zero-order valence-corrected chi connectivity index (χ0v) is 15.6. The fraction of sp³-hybridized carbons (Fsp3) is 0.529. The number of aliphatic hydroxyl groups excluding tert-OH is 1. The number of aromatic nitrogens is 2. The zero-order chi connectivity index (χ0) is 17.5. The summed E-state index contributed by atoms with van der Waals surface area (Å²) >= 11 is 3.07. The lowest BCUT2D eigenvalue weighted by atomic mass is 10.0. The van der Waals surface area contributed by atoms with Crippen molar-refractivity contribution < 1.29 is 14.7 Å². The molecule has 2 aromatic rings. The predicted octanol–water partition coefficient (Wildman–Crippen LogP) is 4.08. The van der Waals surface area contributed by atoms with Crippen molar-refractivity contribution in [2.75, 3.05) is 6.61 Å². The molecule has 2 heterocycles. The number of nitrogens with zero attached hydrogens (tertiary/aromatic N) is 2. The molecule has 0 fully saturated rings. The average Bonchev–Trinajstić information content (AvgIpc) is 3.22. The summed E-state index contributed by atoms with van der Waals surface area (Å²) < 4.78 is 0. The molecule has 0 amide bonds. The third kappa shape index (κ3) is 5.03. The number of rotatable bonds is 10. The fourth-order valence-electron chi connectivity index (χ4n) is 2.33. The minimum atomic E-state index is -0.394. The number of Topliss-reactive ketones (excluding diaryl/α,β-unsaturated/α-hetero) is 2. The Balaban J connectivity index is 1.97. The Morgan fingerprint density at radius 2 is 1.92 bits per heavy atom. The molecule has 7 heteroatoms. The van der Waals surface area contributed by atoms with Crippen LogP contribution in [0.25, 0.3) is 10.0 Å². The Morgan fingerprint density at radius 1 is 1.17 bits per heavy atom. The van der Waals surface area contributed by atoms with Gasteiger partial charge in [-0.05, 0) is 18.8 Å². The van der Waals surface area contributed by atoms with Crippen molar-refractivity contribution in [3.63, 3.8) is 0 Å². The number of hydrogen-bond donors (Lipinski definition) is 1. The summed E-state index contributed by atoms with van der Waals surface area (Å²) in [5.41, 5.74) is 0.576. The molecule has 0 aromatic carbocycles. The van der Waals surface area contributed by atoms with E-state index in [9.17, 15) is 9.59 Å². The van der Waals surface area contributed by atoms with Crippen LogP contribution in [0.15, 0.2) is 11.6 Å². The van der Waals surface area contributed by atoms with Gasteiger partial charge in [-0.15, -0.1) is 22.7 Å². The summed E-state index contributed by atoms with van der Waals surface area (Å²) in [6, 6.07) is 0. The minimum absolute atomic E-state index is 0.0613. The Labute approximate surface area is 149 Å². The Hall–Kier alpha value is -1.44. The lowest BCUT2D eigenvalue weighted by Crippen LogP contribution is -2.05. The van der Waals surface area contributed by atoms with Gasteiger partial charge in [0.05, 0.1) is 0 Å². The fourth-order valence-corrected chi connectivity index (χ4v) is 4.09. The standard InChI is InChI=1S/C17H22N2O3S2/c1-11(2)15-14(19-17(24-15)16-18-8-9-23-16)13(22)7-5-3-4-6-12(21)10-20/h8-9,11,20H,3-7,10H2,1-2H3. The van der Waals surface area contributed by atoms with Crippen molar-refractivity contribution in [3.05, 3.63) is 22.1 Å². The molecule has 0 atom stereocenters. The minimum Gasteiger partial charge on any atom is -0.389 e. The highest BCUT2D eigenvalue weighted by Crippen LogP contribution is 2.34. The Morgan fingerprint density at radius 3 is 2.54 bits per heavy atom. The van der Waals surface area contributed by atoms with Crippen LogP contribution in [0.1, 0.15) is 67.2 Å². The number of thiazole rings is 2. The molecule has 0 saturated carbocycles. The SMILES string of the molecule is CC(C)c1sc(-c2nccs2)nc1C(=O)CCCCCC(=O)CO. The third-order valence-electron chi connectivity index (χ3n) is 3.59. The molecule has 0 aliphatic heterocycles. The van der Waals surface area contributed by atoms with Gasteiger partial charge in [-0.3, -0.25) is 9.59 Å². The molecule has 0 unspecified atom stereocenters. The van der Waals surface area contributed by atoms with Crippen molar-refractivity contribution in [3.8, 4) is 10.0 Å². The first kappa shape index (κ1) is 18.9. The molecule has 0 aliphatic carbocycles. The van der Waals surface area contributed by atoms with Crippen LogP contribution in [0.5, 0.6) is 0 Å². The lowest BCUT2D eigenvalue weighted by molar-refractivity contribution is -0.121. The summed E-state index contributed by atoms with van der Waals surface area (Å²) in [4.78, 5) is 33.4. The van der Waals surface area contributed by atoms with E-state index in [1.165, 1.54) is 11.3 Å². The van der Waals surface area contributed by atoms with E-state index < -0.39 is 6.61 Å². The summed E-state index contributed by atoms with van der Waals surface area (Å²) in [5.74, 6) is 0.166. The average molecular weight is 367 g/mol. The maximum Gasteiger partial charge on any atom is 0.182 e. The number of ketones is 2. The summed E-state index contributed by atoms with van der Waals surface area (Å²) in [6.07, 6.45) is 4.81. The maximum atomic E-state index is 12.5. The van der Waals surface area contributed by atoms with Crippen molar-refractivity contribution in [1.82, 2.24) is 9.97 Å². The lowest BCUT2D eigenvalue weighted by Gasteiger charge is -2.04. The molecular formula is C17H22N2O3S2. The first-order valence-corrected chi connectivity index (χ1v) is 9.79. The van der Waals surface area contributed by atoms with Gasteiger partial charge < -0.3 is 5.11 Å². The molecule has 2 aromatic heterocycles. The number of carbonyl (C=O) groups is 2. The molecule has 1 N–H and O–H groups in total. The summed E-state index contributed by atoms with van der Waals surface area (Å²) in [6.45, 7) is 3.74. The van der Waals surface area contributed by atoms with Crippen LogP contribution in [-0.2, 0) is 4.79 Å². The van der Waals surface area contributed by atoms with E-state index in [2.05, 4.69) is 23.8 Å². The van der Waals surface area contributed by atoms with Crippen molar-refractivity contribution in [1.29, 1.82) is 0 Å². The van der Waals surface area contributed by atoms with E-state index >= 15 is 0 Å². The van der Waals surface area contributed by atoms with Crippen LogP contribution < -0.4 is 0 Å². The van der Waals surface area contributed by atoms with Gasteiger partial charge >= 0.3 is 0 Å². The number of aliphatic hydroxyl groups is 1. The van der Waals surface area contributed by atoms with Gasteiger partial charge in [-0.2, -0.15) is 0 Å². The molecule has 0 bridgehead atoms. The third-order valence-corrected chi connectivity index (χ3v) is 5.86. The van der Waals surface area contributed by atoms with Crippen LogP contribution in [0.2, 0.25) is 0 Å². The van der Waals surface area contributed by atoms with E-state index in [1.54, 1.807) is 17.5 Å². The number of carbonyl (C=O) groups excluding carboxylic acids is 2. The highest BCUT2D eigenvalue weighted by molar-refractivity contribution is 7.20. The topological polar surface area (TPSA) is 80.2 Å². The van der Waals surface area contributed by atoms with Gasteiger partial charge in [-0.1, -0.05) is 20.3 Å². The van der Waals surface area contributed by atoms with Crippen molar-refractivity contribution in [2.24, 2.45) is 0 Å². The molecule has 5 nitrogen and oxygen atoms in total. The van der Waals surface area contributed by atoms with Crippen molar-refractivity contribution in [2.45, 2.75) is 51.9 Å². The zero-order valence-electron chi connectivity index (χ0n) is 13.9. The molecule has 0 saturated heterocycles. The van der Waals surface area contributed by atoms with E-state index in [1.807, 2.05) is 5.38 Å². The predicted molar refractivity (Wildman–Crippen MR) is 96.8 cm³/mol. The van der Waals surface area contributed by atoms with Crippen LogP contribution in [0, 0.1) is 0 Å².